The number of Topliss-reactive ketones (excluding diaryl/α,β-unsaturated/α-hetero) is 1. The highest BCUT2D eigenvalue weighted by Crippen LogP contribution is 2.28. The Morgan fingerprint density at radius 1 is 1.14 bits per heavy atom. The minimum Gasteiger partial charge on any atom is -0.469 e. The predicted molar refractivity (Wildman–Crippen MR) is 89.7 cm³/mol. The molecule has 124 valence electrons. The van der Waals surface area contributed by atoms with Gasteiger partial charge >= 0.3 is 5.97 Å². The molecule has 1 rings (SSSR count). The van der Waals surface area contributed by atoms with Crippen LogP contribution in [0, 0.1) is 0 Å². The van der Waals surface area contributed by atoms with Crippen molar-refractivity contribution in [1.82, 2.24) is 0 Å². The number of ketones is 1. The molecule has 1 aliphatic carbocycles. The van der Waals surface area contributed by atoms with Crippen LogP contribution >= 0.6 is 0 Å². The standard InChI is InChI=1S/C19H30O3/c1-3-4-5-6-7-8-11-16-14-15-18(20)17(16)12-9-10-13-19(21)22-2/h8,11H,3-7,9-10,12-15H2,1-2H3/b11-8+. The first-order chi connectivity index (χ1) is 10.7. The van der Waals surface area contributed by atoms with Gasteiger partial charge in [0.1, 0.15) is 0 Å². The van der Waals surface area contributed by atoms with Crippen LogP contribution in [0.2, 0.25) is 0 Å². The second kappa shape index (κ2) is 11.2. The third-order valence-electron chi connectivity index (χ3n) is 4.17. The van der Waals surface area contributed by atoms with Crippen molar-refractivity contribution >= 4 is 11.8 Å². The summed E-state index contributed by atoms with van der Waals surface area (Å²) in [6.07, 6.45) is 15.0. The summed E-state index contributed by atoms with van der Waals surface area (Å²) in [7, 11) is 1.41. The summed E-state index contributed by atoms with van der Waals surface area (Å²) in [6.45, 7) is 2.22. The maximum Gasteiger partial charge on any atom is 0.305 e. The summed E-state index contributed by atoms with van der Waals surface area (Å²) in [5, 5.41) is 0. The number of unbranched alkanes of at least 4 members (excludes halogenated alkanes) is 5. The van der Waals surface area contributed by atoms with Crippen LogP contribution in [0.4, 0.5) is 0 Å². The Balaban J connectivity index is 2.37. The summed E-state index contributed by atoms with van der Waals surface area (Å²) in [4.78, 5) is 23.0. The molecule has 0 aromatic rings. The number of carbonyl (C=O) groups excluding carboxylic acids is 2. The van der Waals surface area contributed by atoms with Crippen LogP contribution in [0.25, 0.3) is 0 Å². The van der Waals surface area contributed by atoms with E-state index in [1.807, 2.05) is 0 Å². The highest BCUT2D eigenvalue weighted by Gasteiger charge is 2.20. The molecule has 0 atom stereocenters. The molecule has 0 saturated heterocycles. The van der Waals surface area contributed by atoms with Crippen molar-refractivity contribution < 1.29 is 14.3 Å². The van der Waals surface area contributed by atoms with E-state index in [9.17, 15) is 9.59 Å². The molecular formula is C19H30O3. The van der Waals surface area contributed by atoms with Gasteiger partial charge in [-0.2, -0.15) is 0 Å². The SMILES string of the molecule is CCCCCC/C=C/C1=C(CCCCC(=O)OC)C(=O)CC1. The largest absolute Gasteiger partial charge is 0.469 e. The zero-order chi connectivity index (χ0) is 16.2. The van der Waals surface area contributed by atoms with Crippen LogP contribution in [-0.4, -0.2) is 18.9 Å². The average molecular weight is 306 g/mol. The fraction of sp³-hybridized carbons (Fsp3) is 0.684. The molecule has 0 fully saturated rings. The number of hydrogen-bond donors (Lipinski definition) is 0. The van der Waals surface area contributed by atoms with Gasteiger partial charge in [-0.1, -0.05) is 38.3 Å². The van der Waals surface area contributed by atoms with Crippen LogP contribution in [-0.2, 0) is 14.3 Å². The van der Waals surface area contributed by atoms with E-state index in [0.29, 0.717) is 18.6 Å². The van der Waals surface area contributed by atoms with Crippen molar-refractivity contribution in [2.45, 2.75) is 77.6 Å². The van der Waals surface area contributed by atoms with Crippen molar-refractivity contribution in [3.8, 4) is 0 Å². The Morgan fingerprint density at radius 3 is 2.68 bits per heavy atom. The third kappa shape index (κ3) is 7.06. The van der Waals surface area contributed by atoms with E-state index in [4.69, 9.17) is 0 Å². The van der Waals surface area contributed by atoms with E-state index in [1.165, 1.54) is 38.4 Å². The molecular weight excluding hydrogens is 276 g/mol. The molecule has 0 spiro atoms. The summed E-state index contributed by atoms with van der Waals surface area (Å²) < 4.78 is 4.63. The molecule has 0 unspecified atom stereocenters. The normalized spacial score (nSPS) is 15.1. The lowest BCUT2D eigenvalue weighted by atomic mass is 10.0. The summed E-state index contributed by atoms with van der Waals surface area (Å²) in [5.41, 5.74) is 2.22. The average Bonchev–Trinajstić information content (AvgIpc) is 2.87. The van der Waals surface area contributed by atoms with Gasteiger partial charge in [-0.15, -0.1) is 0 Å². The molecule has 0 aliphatic heterocycles. The molecule has 0 bridgehead atoms. The van der Waals surface area contributed by atoms with Crippen molar-refractivity contribution in [1.29, 1.82) is 0 Å². The first-order valence-electron chi connectivity index (χ1n) is 8.67. The van der Waals surface area contributed by atoms with E-state index in [-0.39, 0.29) is 5.97 Å². The second-order valence-electron chi connectivity index (χ2n) is 5.96. The van der Waals surface area contributed by atoms with E-state index in [1.54, 1.807) is 0 Å². The van der Waals surface area contributed by atoms with Gasteiger partial charge in [-0.3, -0.25) is 9.59 Å². The molecule has 0 amide bonds. The second-order valence-corrected chi connectivity index (χ2v) is 5.96. The zero-order valence-electron chi connectivity index (χ0n) is 14.2. The van der Waals surface area contributed by atoms with Crippen LogP contribution in [0.15, 0.2) is 23.3 Å². The van der Waals surface area contributed by atoms with Gasteiger partial charge in [0.15, 0.2) is 5.78 Å². The van der Waals surface area contributed by atoms with Crippen LogP contribution < -0.4 is 0 Å². The molecule has 0 N–H and O–H groups in total. The molecule has 3 nitrogen and oxygen atoms in total. The maximum atomic E-state index is 12.0. The third-order valence-corrected chi connectivity index (χ3v) is 4.17. The maximum absolute atomic E-state index is 12.0. The molecule has 0 aromatic heterocycles. The summed E-state index contributed by atoms with van der Waals surface area (Å²) in [6, 6.07) is 0. The fourth-order valence-corrected chi connectivity index (χ4v) is 2.80. The Morgan fingerprint density at radius 2 is 1.95 bits per heavy atom. The fourth-order valence-electron chi connectivity index (χ4n) is 2.80. The lowest BCUT2D eigenvalue weighted by Crippen LogP contribution is -2.01. The van der Waals surface area contributed by atoms with Crippen LogP contribution in [0.1, 0.15) is 77.6 Å². The van der Waals surface area contributed by atoms with E-state index >= 15 is 0 Å². The van der Waals surface area contributed by atoms with Crippen molar-refractivity contribution in [3.05, 3.63) is 23.3 Å². The number of hydrogen-bond acceptors (Lipinski definition) is 3. The van der Waals surface area contributed by atoms with Gasteiger partial charge in [-0.05, 0) is 49.7 Å². The minimum atomic E-state index is -0.168. The number of allylic oxidation sites excluding steroid dienone is 4. The molecule has 0 saturated carbocycles. The zero-order valence-corrected chi connectivity index (χ0v) is 14.2. The summed E-state index contributed by atoms with van der Waals surface area (Å²) >= 11 is 0. The number of carbonyl (C=O) groups is 2. The summed E-state index contributed by atoms with van der Waals surface area (Å²) in [5.74, 6) is 0.127. The number of methoxy groups -OCH3 is 1. The minimum absolute atomic E-state index is 0.168. The van der Waals surface area contributed by atoms with Gasteiger partial charge in [0, 0.05) is 12.8 Å². The van der Waals surface area contributed by atoms with Gasteiger partial charge in [0.05, 0.1) is 7.11 Å². The quantitative estimate of drug-likeness (QED) is 0.402. The molecule has 0 heterocycles. The molecule has 0 aromatic carbocycles. The Labute approximate surface area is 134 Å². The Hall–Kier alpha value is -1.38. The monoisotopic (exact) mass is 306 g/mol. The number of rotatable bonds is 11. The number of ether oxygens (including phenoxy) is 1. The van der Waals surface area contributed by atoms with E-state index < -0.39 is 0 Å². The topological polar surface area (TPSA) is 43.4 Å². The first-order valence-corrected chi connectivity index (χ1v) is 8.67. The van der Waals surface area contributed by atoms with E-state index in [2.05, 4.69) is 23.8 Å². The molecule has 0 radical (unpaired) electrons. The smallest absolute Gasteiger partial charge is 0.305 e. The van der Waals surface area contributed by atoms with Crippen LogP contribution in [0.5, 0.6) is 0 Å². The van der Waals surface area contributed by atoms with E-state index in [0.717, 1.165) is 37.7 Å². The lowest BCUT2D eigenvalue weighted by Gasteiger charge is -2.03. The molecule has 22 heavy (non-hydrogen) atoms. The van der Waals surface area contributed by atoms with Gasteiger partial charge < -0.3 is 4.74 Å². The highest BCUT2D eigenvalue weighted by molar-refractivity contribution is 5.99. The van der Waals surface area contributed by atoms with Gasteiger partial charge in [-0.25, -0.2) is 0 Å². The van der Waals surface area contributed by atoms with Gasteiger partial charge in [0.25, 0.3) is 0 Å². The lowest BCUT2D eigenvalue weighted by molar-refractivity contribution is -0.140. The Bertz CT molecular complexity index is 418. The predicted octanol–water partition coefficient (Wildman–Crippen LogP) is 4.91. The molecule has 3 heteroatoms. The highest BCUT2D eigenvalue weighted by atomic mass is 16.5. The van der Waals surface area contributed by atoms with Crippen LogP contribution in [0.3, 0.4) is 0 Å². The first kappa shape index (κ1) is 18.7. The number of esters is 1. The van der Waals surface area contributed by atoms with Crippen molar-refractivity contribution in [3.63, 3.8) is 0 Å². The van der Waals surface area contributed by atoms with Crippen molar-refractivity contribution in [2.75, 3.05) is 7.11 Å². The van der Waals surface area contributed by atoms with Crippen molar-refractivity contribution in [2.24, 2.45) is 0 Å². The van der Waals surface area contributed by atoms with Gasteiger partial charge in [0.2, 0.25) is 0 Å². The molecule has 1 aliphatic rings. The Kier molecular flexibility index (Phi) is 9.52.